The molecule has 1 heterocycles. The van der Waals surface area contributed by atoms with Gasteiger partial charge in [-0.3, -0.25) is 0 Å². The molecule has 2 amide bonds. The van der Waals surface area contributed by atoms with Crippen molar-refractivity contribution in [2.45, 2.75) is 56.2 Å². The van der Waals surface area contributed by atoms with E-state index in [2.05, 4.69) is 45.2 Å². The van der Waals surface area contributed by atoms with E-state index in [1.165, 1.54) is 12.8 Å². The smallest absolute Gasteiger partial charge is 0.318 e. The number of aliphatic hydroxyl groups is 1. The standard InChI is InChI=1S/C20H25BrN2O2/c1-19(15-3-2-4-16(21)7-15)11-23(18(24)22-19)17-13-5-12-6-14(17)10-20(25,8-12)9-13/h2-4,7,12-14,17,25H,5-6,8-11H2,1H3,(H,22,24). The van der Waals surface area contributed by atoms with Crippen LogP contribution < -0.4 is 5.32 Å². The highest BCUT2D eigenvalue weighted by Gasteiger charge is 2.58. The van der Waals surface area contributed by atoms with Crippen molar-refractivity contribution in [2.24, 2.45) is 17.8 Å². The predicted molar refractivity (Wildman–Crippen MR) is 99.0 cm³/mol. The van der Waals surface area contributed by atoms with E-state index in [4.69, 9.17) is 0 Å². The minimum Gasteiger partial charge on any atom is -0.390 e. The average molecular weight is 405 g/mol. The highest BCUT2D eigenvalue weighted by molar-refractivity contribution is 9.10. The van der Waals surface area contributed by atoms with Crippen LogP contribution in [0.5, 0.6) is 0 Å². The zero-order chi connectivity index (χ0) is 17.4. The van der Waals surface area contributed by atoms with Crippen LogP contribution in [-0.4, -0.2) is 34.2 Å². The molecule has 1 aliphatic heterocycles. The lowest BCUT2D eigenvalue weighted by Crippen LogP contribution is -2.62. The van der Waals surface area contributed by atoms with Crippen molar-refractivity contribution in [1.29, 1.82) is 0 Å². The fraction of sp³-hybridized carbons (Fsp3) is 0.650. The van der Waals surface area contributed by atoms with E-state index in [1.54, 1.807) is 0 Å². The fourth-order valence-electron chi connectivity index (χ4n) is 6.46. The van der Waals surface area contributed by atoms with E-state index in [0.717, 1.165) is 29.3 Å². The summed E-state index contributed by atoms with van der Waals surface area (Å²) in [7, 11) is 0. The maximum absolute atomic E-state index is 12.9. The van der Waals surface area contributed by atoms with Gasteiger partial charge >= 0.3 is 6.03 Å². The minimum atomic E-state index is -0.448. The van der Waals surface area contributed by atoms with Gasteiger partial charge in [0, 0.05) is 17.1 Å². The first-order valence-electron chi connectivity index (χ1n) is 9.42. The molecule has 5 fully saturated rings. The number of carbonyl (C=O) groups excluding carboxylic acids is 1. The van der Waals surface area contributed by atoms with E-state index in [9.17, 15) is 9.90 Å². The van der Waals surface area contributed by atoms with Crippen LogP contribution in [0.3, 0.4) is 0 Å². The van der Waals surface area contributed by atoms with Gasteiger partial charge in [-0.2, -0.15) is 0 Å². The van der Waals surface area contributed by atoms with Gasteiger partial charge in [0.15, 0.2) is 0 Å². The first-order valence-corrected chi connectivity index (χ1v) is 10.2. The molecule has 5 aliphatic rings. The number of urea groups is 1. The predicted octanol–water partition coefficient (Wildman–Crippen LogP) is 3.63. The Hall–Kier alpha value is -1.07. The Morgan fingerprint density at radius 1 is 1.24 bits per heavy atom. The van der Waals surface area contributed by atoms with Crippen molar-refractivity contribution in [1.82, 2.24) is 10.2 Å². The molecular formula is C20H25BrN2O2. The number of hydrogen-bond donors (Lipinski definition) is 2. The third-order valence-corrected chi connectivity index (χ3v) is 7.64. The molecule has 6 rings (SSSR count). The molecule has 25 heavy (non-hydrogen) atoms. The monoisotopic (exact) mass is 404 g/mol. The first-order chi connectivity index (χ1) is 11.9. The van der Waals surface area contributed by atoms with Gasteiger partial charge in [-0.05, 0) is 74.5 Å². The van der Waals surface area contributed by atoms with Crippen molar-refractivity contribution < 1.29 is 9.90 Å². The molecule has 0 spiro atoms. The highest BCUT2D eigenvalue weighted by atomic mass is 79.9. The summed E-state index contributed by atoms with van der Waals surface area (Å²) in [6.07, 6.45) is 5.10. The van der Waals surface area contributed by atoms with Gasteiger partial charge in [0.25, 0.3) is 0 Å². The minimum absolute atomic E-state index is 0.0620. The Balaban J connectivity index is 1.43. The molecule has 4 aliphatic carbocycles. The summed E-state index contributed by atoms with van der Waals surface area (Å²) in [6, 6.07) is 8.59. The second-order valence-corrected chi connectivity index (χ2v) is 10.0. The van der Waals surface area contributed by atoms with Gasteiger partial charge in [-0.25, -0.2) is 4.79 Å². The molecule has 3 atom stereocenters. The molecule has 1 aromatic rings. The molecule has 1 aromatic carbocycles. The Morgan fingerprint density at radius 2 is 1.96 bits per heavy atom. The molecule has 1 saturated heterocycles. The molecule has 5 heteroatoms. The van der Waals surface area contributed by atoms with Crippen LogP contribution in [0.25, 0.3) is 0 Å². The van der Waals surface area contributed by atoms with E-state index >= 15 is 0 Å². The Morgan fingerprint density at radius 3 is 2.60 bits per heavy atom. The largest absolute Gasteiger partial charge is 0.390 e. The lowest BCUT2D eigenvalue weighted by atomic mass is 9.52. The summed E-state index contributed by atoms with van der Waals surface area (Å²) in [5, 5.41) is 14.1. The zero-order valence-electron chi connectivity index (χ0n) is 14.5. The Labute approximate surface area is 157 Å². The second kappa shape index (κ2) is 5.23. The maximum Gasteiger partial charge on any atom is 0.318 e. The van der Waals surface area contributed by atoms with Crippen molar-refractivity contribution in [3.8, 4) is 0 Å². The molecule has 2 N–H and O–H groups in total. The number of nitrogens with zero attached hydrogens (tertiary/aromatic N) is 1. The van der Waals surface area contributed by atoms with Crippen LogP contribution >= 0.6 is 15.9 Å². The number of benzene rings is 1. The van der Waals surface area contributed by atoms with Gasteiger partial charge in [-0.1, -0.05) is 28.1 Å². The van der Waals surface area contributed by atoms with Crippen LogP contribution in [0.1, 0.15) is 44.6 Å². The topological polar surface area (TPSA) is 52.6 Å². The maximum atomic E-state index is 12.9. The van der Waals surface area contributed by atoms with Gasteiger partial charge in [0.1, 0.15) is 0 Å². The lowest BCUT2D eigenvalue weighted by Gasteiger charge is -2.59. The Bertz CT molecular complexity index is 722. The fourth-order valence-corrected chi connectivity index (χ4v) is 6.86. The van der Waals surface area contributed by atoms with Crippen LogP contribution in [-0.2, 0) is 5.54 Å². The SMILES string of the molecule is CC1(c2cccc(Br)c2)CN(C2C3CC4CC2CC(O)(C4)C3)C(=O)N1. The molecule has 134 valence electrons. The first kappa shape index (κ1) is 16.1. The number of rotatable bonds is 2. The van der Waals surface area contributed by atoms with Crippen LogP contribution in [0.2, 0.25) is 0 Å². The van der Waals surface area contributed by atoms with E-state index < -0.39 is 5.60 Å². The molecule has 4 saturated carbocycles. The van der Waals surface area contributed by atoms with Crippen LogP contribution in [0.15, 0.2) is 28.7 Å². The van der Waals surface area contributed by atoms with E-state index in [-0.39, 0.29) is 11.6 Å². The number of hydrogen-bond acceptors (Lipinski definition) is 2. The summed E-state index contributed by atoms with van der Waals surface area (Å²) in [6.45, 7) is 2.83. The molecular weight excluding hydrogens is 380 g/mol. The van der Waals surface area contributed by atoms with Crippen LogP contribution in [0, 0.1) is 17.8 Å². The van der Waals surface area contributed by atoms with Gasteiger partial charge in [0.2, 0.25) is 0 Å². The lowest BCUT2D eigenvalue weighted by molar-refractivity contribution is -0.152. The van der Waals surface area contributed by atoms with Crippen molar-refractivity contribution in [3.63, 3.8) is 0 Å². The summed E-state index contributed by atoms with van der Waals surface area (Å²) in [5.41, 5.74) is 0.337. The van der Waals surface area contributed by atoms with E-state index in [1.807, 2.05) is 12.1 Å². The van der Waals surface area contributed by atoms with Crippen LogP contribution in [0.4, 0.5) is 4.79 Å². The van der Waals surface area contributed by atoms with Gasteiger partial charge in [-0.15, -0.1) is 0 Å². The summed E-state index contributed by atoms with van der Waals surface area (Å²) >= 11 is 3.54. The third kappa shape index (κ3) is 2.46. The zero-order valence-corrected chi connectivity index (χ0v) is 16.1. The van der Waals surface area contributed by atoms with Crippen molar-refractivity contribution >= 4 is 22.0 Å². The van der Waals surface area contributed by atoms with E-state index in [0.29, 0.717) is 30.3 Å². The summed E-state index contributed by atoms with van der Waals surface area (Å²) < 4.78 is 1.04. The van der Waals surface area contributed by atoms with Crippen molar-refractivity contribution in [2.75, 3.05) is 6.54 Å². The Kier molecular flexibility index (Phi) is 3.37. The number of nitrogens with one attached hydrogen (secondary N) is 1. The molecule has 0 radical (unpaired) electrons. The molecule has 3 unspecified atom stereocenters. The summed E-state index contributed by atoms with van der Waals surface area (Å²) in [5.74, 6) is 1.60. The third-order valence-electron chi connectivity index (χ3n) is 7.14. The van der Waals surface area contributed by atoms with Crippen molar-refractivity contribution in [3.05, 3.63) is 34.3 Å². The number of halogens is 1. The number of amides is 2. The van der Waals surface area contributed by atoms with Gasteiger partial charge in [0.05, 0.1) is 11.1 Å². The quantitative estimate of drug-likeness (QED) is 0.790. The number of carbonyl (C=O) groups is 1. The highest BCUT2D eigenvalue weighted by Crippen LogP contribution is 2.57. The second-order valence-electron chi connectivity index (χ2n) is 9.09. The molecule has 0 aromatic heterocycles. The van der Waals surface area contributed by atoms with Gasteiger partial charge < -0.3 is 15.3 Å². The molecule has 4 bridgehead atoms. The molecule has 4 nitrogen and oxygen atoms in total. The summed E-state index contributed by atoms with van der Waals surface area (Å²) in [4.78, 5) is 15.0. The average Bonchev–Trinajstić information content (AvgIpc) is 2.81. The normalized spacial score (nSPS) is 45.1.